The molecule has 0 spiro atoms. The number of carbonyl (C=O) groups excluding carboxylic acids is 1. The van der Waals surface area contributed by atoms with Crippen molar-refractivity contribution in [1.29, 1.82) is 0 Å². The van der Waals surface area contributed by atoms with Crippen LogP contribution in [0.15, 0.2) is 36.2 Å². The van der Waals surface area contributed by atoms with Crippen molar-refractivity contribution in [3.63, 3.8) is 0 Å². The molecule has 6 heteroatoms. The standard InChI is InChI=1S/C20H27FN2O2.ClH/c1-23-18(24)20-8-2-7-19(14-20,9-10-20)16-3-5-17(6-4-16)25-13-15(11-21)12-22;/h3-6,11H,2,7-10,12-14,22H2,1H3,(H,23,24);1H/b15-11+;. The molecule has 2 fully saturated rings. The molecule has 26 heavy (non-hydrogen) atoms. The Bertz CT molecular complexity index is 664. The second kappa shape index (κ2) is 8.40. The lowest BCUT2D eigenvalue weighted by molar-refractivity contribution is -0.131. The Morgan fingerprint density at radius 1 is 1.27 bits per heavy atom. The zero-order chi connectivity index (χ0) is 17.9. The Labute approximate surface area is 160 Å². The van der Waals surface area contributed by atoms with Gasteiger partial charge in [0.25, 0.3) is 0 Å². The number of hydrogen-bond acceptors (Lipinski definition) is 3. The Morgan fingerprint density at radius 2 is 2.00 bits per heavy atom. The predicted molar refractivity (Wildman–Crippen MR) is 103 cm³/mol. The van der Waals surface area contributed by atoms with E-state index in [1.807, 2.05) is 12.1 Å². The molecule has 144 valence electrons. The van der Waals surface area contributed by atoms with E-state index in [0.29, 0.717) is 17.7 Å². The van der Waals surface area contributed by atoms with Gasteiger partial charge in [0.05, 0.1) is 11.7 Å². The van der Waals surface area contributed by atoms with Crippen molar-refractivity contribution in [2.45, 2.75) is 43.9 Å². The fourth-order valence-corrected chi connectivity index (χ4v) is 4.67. The molecule has 2 aliphatic carbocycles. The average Bonchev–Trinajstić information content (AvgIpc) is 2.94. The molecule has 2 bridgehead atoms. The number of fused-ring (bicyclic) bond motifs is 2. The van der Waals surface area contributed by atoms with Crippen LogP contribution in [0.5, 0.6) is 5.75 Å². The van der Waals surface area contributed by atoms with E-state index in [2.05, 4.69) is 17.4 Å². The largest absolute Gasteiger partial charge is 0.489 e. The maximum Gasteiger partial charge on any atom is 0.225 e. The summed E-state index contributed by atoms with van der Waals surface area (Å²) in [4.78, 5) is 12.4. The molecular formula is C20H28ClFN2O2. The molecule has 0 radical (unpaired) electrons. The summed E-state index contributed by atoms with van der Waals surface area (Å²) in [5.74, 6) is 0.903. The number of benzene rings is 1. The van der Waals surface area contributed by atoms with E-state index >= 15 is 0 Å². The summed E-state index contributed by atoms with van der Waals surface area (Å²) in [5.41, 5.74) is 7.06. The van der Waals surface area contributed by atoms with Gasteiger partial charge in [-0.1, -0.05) is 18.6 Å². The summed E-state index contributed by atoms with van der Waals surface area (Å²) in [5, 5.41) is 2.86. The van der Waals surface area contributed by atoms with Gasteiger partial charge in [0.15, 0.2) is 0 Å². The Kier molecular flexibility index (Phi) is 6.69. The number of rotatable bonds is 6. The fourth-order valence-electron chi connectivity index (χ4n) is 4.67. The molecule has 0 aliphatic heterocycles. The third-order valence-electron chi connectivity index (χ3n) is 6.09. The second-order valence-electron chi connectivity index (χ2n) is 7.45. The molecule has 4 nitrogen and oxygen atoms in total. The monoisotopic (exact) mass is 382 g/mol. The number of nitrogens with two attached hydrogens (primary N) is 1. The second-order valence-corrected chi connectivity index (χ2v) is 7.45. The van der Waals surface area contributed by atoms with Gasteiger partial charge in [0, 0.05) is 19.2 Å². The van der Waals surface area contributed by atoms with Crippen molar-refractivity contribution in [1.82, 2.24) is 5.32 Å². The van der Waals surface area contributed by atoms with Crippen molar-refractivity contribution in [2.24, 2.45) is 11.1 Å². The molecule has 2 aliphatic rings. The highest BCUT2D eigenvalue weighted by Gasteiger charge is 2.54. The van der Waals surface area contributed by atoms with E-state index in [9.17, 15) is 9.18 Å². The molecule has 1 aromatic rings. The van der Waals surface area contributed by atoms with Crippen LogP contribution in [0.2, 0.25) is 0 Å². The Hall–Kier alpha value is -1.59. The normalized spacial score (nSPS) is 27.6. The molecule has 3 N–H and O–H groups in total. The van der Waals surface area contributed by atoms with E-state index < -0.39 is 0 Å². The smallest absolute Gasteiger partial charge is 0.225 e. The summed E-state index contributed by atoms with van der Waals surface area (Å²) in [6, 6.07) is 8.07. The highest BCUT2D eigenvalue weighted by molar-refractivity contribution is 5.85. The minimum absolute atomic E-state index is 0. The SMILES string of the molecule is CNC(=O)C12CCCC(c3ccc(OC/C(=C/F)CN)cc3)(CC1)C2.Cl. The fraction of sp³-hybridized carbons (Fsp3) is 0.550. The highest BCUT2D eigenvalue weighted by Crippen LogP contribution is 2.59. The van der Waals surface area contributed by atoms with Gasteiger partial charge in [-0.25, -0.2) is 4.39 Å². The molecule has 2 unspecified atom stereocenters. The van der Waals surface area contributed by atoms with E-state index in [0.717, 1.165) is 38.5 Å². The van der Waals surface area contributed by atoms with Crippen LogP contribution in [-0.2, 0) is 10.2 Å². The lowest BCUT2D eigenvalue weighted by Crippen LogP contribution is -2.41. The maximum atomic E-state index is 12.5. The first kappa shape index (κ1) is 20.7. The average molecular weight is 383 g/mol. The zero-order valence-electron chi connectivity index (χ0n) is 15.2. The Balaban J connectivity index is 0.00000243. The minimum atomic E-state index is -0.190. The van der Waals surface area contributed by atoms with Gasteiger partial charge in [0.1, 0.15) is 12.4 Å². The van der Waals surface area contributed by atoms with Crippen molar-refractivity contribution >= 4 is 18.3 Å². The molecule has 1 amide bonds. The number of amides is 1. The first-order chi connectivity index (χ1) is 12.1. The summed E-state index contributed by atoms with van der Waals surface area (Å²) < 4.78 is 18.1. The van der Waals surface area contributed by atoms with Crippen LogP contribution >= 0.6 is 12.4 Å². The minimum Gasteiger partial charge on any atom is -0.489 e. The Morgan fingerprint density at radius 3 is 2.62 bits per heavy atom. The molecule has 0 heterocycles. The third kappa shape index (κ3) is 3.74. The summed E-state index contributed by atoms with van der Waals surface area (Å²) in [6.07, 6.45) is 6.68. The van der Waals surface area contributed by atoms with E-state index in [4.69, 9.17) is 10.5 Å². The van der Waals surface area contributed by atoms with Gasteiger partial charge in [0.2, 0.25) is 5.91 Å². The molecule has 2 atom stereocenters. The lowest BCUT2D eigenvalue weighted by atomic mass is 9.66. The summed E-state index contributed by atoms with van der Waals surface area (Å²) >= 11 is 0. The van der Waals surface area contributed by atoms with Crippen molar-refractivity contribution < 1.29 is 13.9 Å². The number of nitrogens with one attached hydrogen (secondary N) is 1. The highest BCUT2D eigenvalue weighted by atomic mass is 35.5. The quantitative estimate of drug-likeness (QED) is 0.789. The van der Waals surface area contributed by atoms with Crippen LogP contribution in [0.4, 0.5) is 4.39 Å². The predicted octanol–water partition coefficient (Wildman–Crippen LogP) is 3.64. The van der Waals surface area contributed by atoms with E-state index in [-0.39, 0.29) is 42.3 Å². The number of halogens is 2. The van der Waals surface area contributed by atoms with Crippen molar-refractivity contribution in [2.75, 3.05) is 20.2 Å². The molecular weight excluding hydrogens is 355 g/mol. The van der Waals surface area contributed by atoms with Gasteiger partial charge in [-0.3, -0.25) is 4.79 Å². The molecule has 0 aromatic heterocycles. The topological polar surface area (TPSA) is 64.3 Å². The van der Waals surface area contributed by atoms with Gasteiger partial charge < -0.3 is 15.8 Å². The van der Waals surface area contributed by atoms with Crippen LogP contribution < -0.4 is 15.8 Å². The van der Waals surface area contributed by atoms with Gasteiger partial charge >= 0.3 is 0 Å². The van der Waals surface area contributed by atoms with Crippen LogP contribution in [0.1, 0.15) is 44.1 Å². The van der Waals surface area contributed by atoms with E-state index in [1.165, 1.54) is 5.56 Å². The van der Waals surface area contributed by atoms with Gasteiger partial charge in [-0.05, 0) is 55.2 Å². The van der Waals surface area contributed by atoms with Crippen molar-refractivity contribution in [3.05, 3.63) is 41.7 Å². The summed E-state index contributed by atoms with van der Waals surface area (Å²) in [7, 11) is 1.74. The maximum absolute atomic E-state index is 12.5. The van der Waals surface area contributed by atoms with Crippen LogP contribution in [0.25, 0.3) is 0 Å². The third-order valence-corrected chi connectivity index (χ3v) is 6.09. The van der Waals surface area contributed by atoms with Crippen molar-refractivity contribution in [3.8, 4) is 5.75 Å². The molecule has 0 saturated heterocycles. The number of carbonyl (C=O) groups is 1. The molecule has 1 aromatic carbocycles. The van der Waals surface area contributed by atoms with E-state index in [1.54, 1.807) is 7.05 Å². The molecule has 2 saturated carbocycles. The van der Waals surface area contributed by atoms with Crippen LogP contribution in [0, 0.1) is 5.41 Å². The lowest BCUT2D eigenvalue weighted by Gasteiger charge is -2.39. The van der Waals surface area contributed by atoms with Gasteiger partial charge in [-0.2, -0.15) is 0 Å². The number of hydrogen-bond donors (Lipinski definition) is 2. The first-order valence-corrected chi connectivity index (χ1v) is 9.01. The first-order valence-electron chi connectivity index (χ1n) is 9.01. The molecule has 3 rings (SSSR count). The summed E-state index contributed by atoms with van der Waals surface area (Å²) in [6.45, 7) is 0.316. The van der Waals surface area contributed by atoms with Gasteiger partial charge in [-0.15, -0.1) is 12.4 Å². The van der Waals surface area contributed by atoms with Crippen LogP contribution in [0.3, 0.4) is 0 Å². The number of ether oxygens (including phenoxy) is 1. The van der Waals surface area contributed by atoms with Crippen LogP contribution in [-0.4, -0.2) is 26.1 Å². The zero-order valence-corrected chi connectivity index (χ0v) is 16.0.